The van der Waals surface area contributed by atoms with Crippen molar-refractivity contribution in [3.8, 4) is 5.75 Å². The molecule has 0 saturated carbocycles. The van der Waals surface area contributed by atoms with Gasteiger partial charge in [0.15, 0.2) is 0 Å². The Morgan fingerprint density at radius 3 is 2.76 bits per heavy atom. The Labute approximate surface area is 120 Å². The highest BCUT2D eigenvalue weighted by molar-refractivity contribution is 5.75. The number of carboxylic acids is 1. The van der Waals surface area contributed by atoms with Gasteiger partial charge in [-0.05, 0) is 17.7 Å². The van der Waals surface area contributed by atoms with Crippen molar-refractivity contribution in [3.05, 3.63) is 29.8 Å². The van der Waals surface area contributed by atoms with E-state index in [1.54, 1.807) is 6.07 Å². The fourth-order valence-corrected chi connectivity index (χ4v) is 1.51. The number of ether oxygens (including phenoxy) is 1. The lowest BCUT2D eigenvalue weighted by molar-refractivity contribution is -0.137. The SMILES string of the molecule is CN(CCC(=O)O)C(=O)NCc1cccc(OC(F)F)c1. The van der Waals surface area contributed by atoms with Crippen molar-refractivity contribution in [2.24, 2.45) is 0 Å². The highest BCUT2D eigenvalue weighted by Gasteiger charge is 2.10. The number of rotatable bonds is 7. The number of carbonyl (C=O) groups is 2. The van der Waals surface area contributed by atoms with E-state index in [1.807, 2.05) is 0 Å². The third-order valence-electron chi connectivity index (χ3n) is 2.58. The molecule has 0 aliphatic rings. The Hall–Kier alpha value is -2.38. The standard InChI is InChI=1S/C13H16F2N2O4/c1-17(6-5-11(18)19)13(20)16-8-9-3-2-4-10(7-9)21-12(14)15/h2-4,7,12H,5-6,8H2,1H3,(H,16,20)(H,18,19). The number of urea groups is 1. The number of alkyl halides is 2. The average Bonchev–Trinajstić information content (AvgIpc) is 2.41. The van der Waals surface area contributed by atoms with Crippen molar-refractivity contribution >= 4 is 12.0 Å². The lowest BCUT2D eigenvalue weighted by Gasteiger charge is -2.17. The van der Waals surface area contributed by atoms with E-state index < -0.39 is 18.6 Å². The van der Waals surface area contributed by atoms with Crippen LogP contribution in [-0.4, -0.2) is 42.2 Å². The molecule has 0 radical (unpaired) electrons. The summed E-state index contributed by atoms with van der Waals surface area (Å²) in [6, 6.07) is 5.51. The Kier molecular flexibility index (Phi) is 6.38. The van der Waals surface area contributed by atoms with E-state index >= 15 is 0 Å². The van der Waals surface area contributed by atoms with E-state index in [0.717, 1.165) is 0 Å². The highest BCUT2D eigenvalue weighted by atomic mass is 19.3. The number of halogens is 2. The normalized spacial score (nSPS) is 10.3. The van der Waals surface area contributed by atoms with Crippen molar-refractivity contribution in [3.63, 3.8) is 0 Å². The molecule has 2 N–H and O–H groups in total. The van der Waals surface area contributed by atoms with Gasteiger partial charge in [0.2, 0.25) is 0 Å². The minimum atomic E-state index is -2.91. The Bertz CT molecular complexity index is 497. The van der Waals surface area contributed by atoms with Crippen LogP contribution < -0.4 is 10.1 Å². The summed E-state index contributed by atoms with van der Waals surface area (Å²) >= 11 is 0. The smallest absolute Gasteiger partial charge is 0.387 e. The van der Waals surface area contributed by atoms with E-state index in [4.69, 9.17) is 5.11 Å². The second-order valence-corrected chi connectivity index (χ2v) is 4.25. The summed E-state index contributed by atoms with van der Waals surface area (Å²) in [6.07, 6.45) is -0.151. The number of carbonyl (C=O) groups excluding carboxylic acids is 1. The van der Waals surface area contributed by atoms with Crippen molar-refractivity contribution in [1.29, 1.82) is 0 Å². The molecule has 1 aromatic carbocycles. The molecule has 8 heteroatoms. The molecule has 0 spiro atoms. The van der Waals surface area contributed by atoms with Gasteiger partial charge in [-0.3, -0.25) is 4.79 Å². The van der Waals surface area contributed by atoms with Gasteiger partial charge in [0.1, 0.15) is 5.75 Å². The molecule has 2 amide bonds. The van der Waals surface area contributed by atoms with Gasteiger partial charge in [-0.2, -0.15) is 8.78 Å². The Morgan fingerprint density at radius 1 is 1.43 bits per heavy atom. The molecule has 0 aliphatic carbocycles. The van der Waals surface area contributed by atoms with E-state index in [0.29, 0.717) is 5.56 Å². The van der Waals surface area contributed by atoms with Crippen LogP contribution in [0.2, 0.25) is 0 Å². The van der Waals surface area contributed by atoms with Crippen LogP contribution in [0.3, 0.4) is 0 Å². The third-order valence-corrected chi connectivity index (χ3v) is 2.58. The first kappa shape index (κ1) is 16.7. The molecule has 1 rings (SSSR count). The first-order valence-electron chi connectivity index (χ1n) is 6.13. The van der Waals surface area contributed by atoms with E-state index in [1.165, 1.54) is 30.1 Å². The second-order valence-electron chi connectivity index (χ2n) is 4.25. The monoisotopic (exact) mass is 302 g/mol. The number of amides is 2. The minimum Gasteiger partial charge on any atom is -0.481 e. The molecule has 116 valence electrons. The van der Waals surface area contributed by atoms with Gasteiger partial charge in [-0.25, -0.2) is 4.79 Å². The fraction of sp³-hybridized carbons (Fsp3) is 0.385. The number of nitrogens with one attached hydrogen (secondary N) is 1. The van der Waals surface area contributed by atoms with Crippen LogP contribution in [0.15, 0.2) is 24.3 Å². The third kappa shape index (κ3) is 6.55. The van der Waals surface area contributed by atoms with Gasteiger partial charge in [-0.15, -0.1) is 0 Å². The first-order chi connectivity index (χ1) is 9.88. The number of hydrogen-bond acceptors (Lipinski definition) is 3. The summed E-state index contributed by atoms with van der Waals surface area (Å²) in [7, 11) is 1.47. The number of benzene rings is 1. The largest absolute Gasteiger partial charge is 0.481 e. The van der Waals surface area contributed by atoms with Gasteiger partial charge in [0.05, 0.1) is 6.42 Å². The summed E-state index contributed by atoms with van der Waals surface area (Å²) in [5.74, 6) is -0.984. The fourth-order valence-electron chi connectivity index (χ4n) is 1.51. The maximum absolute atomic E-state index is 12.1. The number of carboxylic acid groups (broad SMARTS) is 1. The maximum atomic E-state index is 12.1. The van der Waals surface area contributed by atoms with Crippen molar-refractivity contribution in [2.45, 2.75) is 19.6 Å². The van der Waals surface area contributed by atoms with E-state index in [2.05, 4.69) is 10.1 Å². The minimum absolute atomic E-state index is 0.0102. The zero-order valence-corrected chi connectivity index (χ0v) is 11.4. The van der Waals surface area contributed by atoms with Crippen LogP contribution in [0.5, 0.6) is 5.75 Å². The molecule has 1 aromatic rings. The zero-order chi connectivity index (χ0) is 15.8. The van der Waals surface area contributed by atoms with Crippen LogP contribution >= 0.6 is 0 Å². The van der Waals surface area contributed by atoms with Crippen LogP contribution in [0, 0.1) is 0 Å². The van der Waals surface area contributed by atoms with Gasteiger partial charge in [0, 0.05) is 20.1 Å². The van der Waals surface area contributed by atoms with Gasteiger partial charge >= 0.3 is 18.6 Å². The van der Waals surface area contributed by atoms with E-state index in [-0.39, 0.29) is 25.3 Å². The lowest BCUT2D eigenvalue weighted by atomic mass is 10.2. The number of hydrogen-bond donors (Lipinski definition) is 2. The molecule has 0 fully saturated rings. The van der Waals surface area contributed by atoms with Gasteiger partial charge in [-0.1, -0.05) is 12.1 Å². The quantitative estimate of drug-likeness (QED) is 0.806. The molecule has 6 nitrogen and oxygen atoms in total. The molecule has 0 aromatic heterocycles. The van der Waals surface area contributed by atoms with Crippen LogP contribution in [0.1, 0.15) is 12.0 Å². The molecule has 21 heavy (non-hydrogen) atoms. The summed E-state index contributed by atoms with van der Waals surface area (Å²) in [6.45, 7) is -2.70. The molecular weight excluding hydrogens is 286 g/mol. The average molecular weight is 302 g/mol. The molecule has 0 saturated heterocycles. The molecule has 0 aliphatic heterocycles. The van der Waals surface area contributed by atoms with Crippen LogP contribution in [-0.2, 0) is 11.3 Å². The predicted molar refractivity (Wildman–Crippen MR) is 70.2 cm³/mol. The van der Waals surface area contributed by atoms with Gasteiger partial charge in [0.25, 0.3) is 0 Å². The molecule has 0 unspecified atom stereocenters. The first-order valence-corrected chi connectivity index (χ1v) is 6.13. The predicted octanol–water partition coefficient (Wildman–Crippen LogP) is 1.90. The van der Waals surface area contributed by atoms with Crippen LogP contribution in [0.25, 0.3) is 0 Å². The number of aliphatic carboxylic acids is 1. The number of nitrogens with zero attached hydrogens (tertiary/aromatic N) is 1. The highest BCUT2D eigenvalue weighted by Crippen LogP contribution is 2.15. The molecule has 0 bridgehead atoms. The van der Waals surface area contributed by atoms with Gasteiger partial charge < -0.3 is 20.1 Å². The summed E-state index contributed by atoms with van der Waals surface area (Å²) in [5, 5.41) is 11.1. The summed E-state index contributed by atoms with van der Waals surface area (Å²) in [5.41, 5.74) is 0.591. The van der Waals surface area contributed by atoms with Crippen molar-refractivity contribution in [1.82, 2.24) is 10.2 Å². The molecule has 0 heterocycles. The topological polar surface area (TPSA) is 78.9 Å². The zero-order valence-electron chi connectivity index (χ0n) is 11.4. The molecular formula is C13H16F2N2O4. The van der Waals surface area contributed by atoms with Crippen molar-refractivity contribution < 1.29 is 28.2 Å². The van der Waals surface area contributed by atoms with Crippen molar-refractivity contribution in [2.75, 3.05) is 13.6 Å². The Morgan fingerprint density at radius 2 is 2.14 bits per heavy atom. The molecule has 0 atom stereocenters. The summed E-state index contributed by atoms with van der Waals surface area (Å²) < 4.78 is 28.4. The summed E-state index contributed by atoms with van der Waals surface area (Å²) in [4.78, 5) is 23.3. The van der Waals surface area contributed by atoms with E-state index in [9.17, 15) is 18.4 Å². The van der Waals surface area contributed by atoms with Crippen LogP contribution in [0.4, 0.5) is 13.6 Å². The maximum Gasteiger partial charge on any atom is 0.387 e. The second kappa shape index (κ2) is 8.03. The Balaban J connectivity index is 2.47. The lowest BCUT2D eigenvalue weighted by Crippen LogP contribution is -2.37.